The number of anilines is 2. The molecular weight excluding hydrogens is 382 g/mol. The number of carbonyl (C=O) groups is 1. The fraction of sp³-hybridized carbons (Fsp3) is 0.304. The Balaban J connectivity index is 1.58. The standard InChI is InChI=1S/C23H27N3O2S/c1-16-5-4-7-18(13-16)21(27)8-3-2-6-17-9-11-19(12-10-17)25-22(28)14-20-15-29-23(24)26-20/h4-5,7,9-13,15,21,27H,2-3,6,8,14H2,1H3,(H2,24,26)(H,25,28)/t21-/m0/s1/i2D2,4D,5D,7D,13D,15D. The van der Waals surface area contributed by atoms with Crippen LogP contribution in [-0.2, 0) is 17.6 Å². The molecule has 0 spiro atoms. The summed E-state index contributed by atoms with van der Waals surface area (Å²) in [6.45, 7) is 1.49. The van der Waals surface area contributed by atoms with Gasteiger partial charge in [0, 0.05) is 13.8 Å². The van der Waals surface area contributed by atoms with Crippen LogP contribution < -0.4 is 11.1 Å². The molecule has 4 N–H and O–H groups in total. The van der Waals surface area contributed by atoms with Crippen molar-refractivity contribution in [3.63, 3.8) is 0 Å². The van der Waals surface area contributed by atoms with Crippen LogP contribution in [0.4, 0.5) is 10.8 Å². The number of rotatable bonds is 9. The van der Waals surface area contributed by atoms with Gasteiger partial charge in [0.1, 0.15) is 0 Å². The summed E-state index contributed by atoms with van der Waals surface area (Å²) in [5.74, 6) is -0.349. The van der Waals surface area contributed by atoms with Gasteiger partial charge in [-0.15, -0.1) is 11.3 Å². The molecule has 5 nitrogen and oxygen atoms in total. The monoisotopic (exact) mass is 416 g/mol. The maximum Gasteiger partial charge on any atom is 0.230 e. The molecule has 1 amide bonds. The Bertz CT molecular complexity index is 1240. The number of benzene rings is 2. The van der Waals surface area contributed by atoms with Crippen molar-refractivity contribution in [3.05, 3.63) is 76.2 Å². The van der Waals surface area contributed by atoms with E-state index in [0.717, 1.165) is 11.3 Å². The van der Waals surface area contributed by atoms with E-state index in [1.165, 1.54) is 6.92 Å². The maximum atomic E-state index is 12.2. The van der Waals surface area contributed by atoms with Crippen LogP contribution >= 0.6 is 11.3 Å². The summed E-state index contributed by atoms with van der Waals surface area (Å²) in [5, 5.41) is 13.7. The minimum absolute atomic E-state index is 0.0457. The van der Waals surface area contributed by atoms with Crippen molar-refractivity contribution in [2.24, 2.45) is 0 Å². The summed E-state index contributed by atoms with van der Waals surface area (Å²) < 4.78 is 56.3. The van der Waals surface area contributed by atoms with Gasteiger partial charge in [0.25, 0.3) is 0 Å². The Morgan fingerprint density at radius 2 is 2.17 bits per heavy atom. The molecule has 3 rings (SSSR count). The predicted octanol–water partition coefficient (Wildman–Crippen LogP) is 4.66. The lowest BCUT2D eigenvalue weighted by molar-refractivity contribution is -0.115. The van der Waals surface area contributed by atoms with E-state index in [1.807, 2.05) is 0 Å². The minimum Gasteiger partial charge on any atom is -0.388 e. The molecular formula is C23H27N3O2S. The summed E-state index contributed by atoms with van der Waals surface area (Å²) in [5.41, 5.74) is 7.20. The molecule has 1 atom stereocenters. The highest BCUT2D eigenvalue weighted by atomic mass is 32.1. The molecule has 0 saturated heterocycles. The van der Waals surface area contributed by atoms with Gasteiger partial charge >= 0.3 is 0 Å². The Morgan fingerprint density at radius 1 is 1.38 bits per heavy atom. The van der Waals surface area contributed by atoms with Crippen molar-refractivity contribution >= 4 is 28.1 Å². The fourth-order valence-electron chi connectivity index (χ4n) is 2.67. The Hall–Kier alpha value is -2.70. The van der Waals surface area contributed by atoms with Gasteiger partial charge in [0.05, 0.1) is 25.1 Å². The number of nitrogens with zero attached hydrogens (tertiary/aromatic N) is 1. The normalized spacial score (nSPS) is 15.9. The lowest BCUT2D eigenvalue weighted by Crippen LogP contribution is -2.14. The predicted molar refractivity (Wildman–Crippen MR) is 119 cm³/mol. The number of hydrogen-bond acceptors (Lipinski definition) is 5. The highest BCUT2D eigenvalue weighted by molar-refractivity contribution is 7.13. The third kappa shape index (κ3) is 6.69. The Morgan fingerprint density at radius 3 is 2.90 bits per heavy atom. The fourth-order valence-corrected chi connectivity index (χ4v) is 3.16. The van der Waals surface area contributed by atoms with Crippen LogP contribution in [0.25, 0.3) is 0 Å². The second kappa shape index (κ2) is 10.2. The quantitative estimate of drug-likeness (QED) is 0.473. The third-order valence-electron chi connectivity index (χ3n) is 4.11. The average Bonchev–Trinajstić information content (AvgIpc) is 3.12. The first kappa shape index (κ1) is 13.5. The largest absolute Gasteiger partial charge is 0.388 e. The summed E-state index contributed by atoms with van der Waals surface area (Å²) in [7, 11) is 0. The van der Waals surface area contributed by atoms with Crippen molar-refractivity contribution in [1.82, 2.24) is 4.98 Å². The van der Waals surface area contributed by atoms with Crippen molar-refractivity contribution in [2.45, 2.75) is 45.1 Å². The molecule has 6 heteroatoms. The Labute approximate surface area is 185 Å². The number of hydrogen-bond donors (Lipinski definition) is 3. The molecule has 0 saturated carbocycles. The summed E-state index contributed by atoms with van der Waals surface area (Å²) in [4.78, 5) is 16.2. The molecule has 0 unspecified atom stereocenters. The van der Waals surface area contributed by atoms with Gasteiger partial charge in [-0.1, -0.05) is 48.3 Å². The van der Waals surface area contributed by atoms with Crippen LogP contribution in [-0.4, -0.2) is 16.0 Å². The third-order valence-corrected chi connectivity index (χ3v) is 4.75. The van der Waals surface area contributed by atoms with Gasteiger partial charge in [-0.2, -0.15) is 0 Å². The van der Waals surface area contributed by atoms with Gasteiger partial charge in [-0.05, 0) is 49.4 Å². The van der Waals surface area contributed by atoms with Crippen LogP contribution in [0, 0.1) is 6.92 Å². The van der Waals surface area contributed by atoms with Crippen LogP contribution in [0.15, 0.2) is 53.8 Å². The van der Waals surface area contributed by atoms with Crippen LogP contribution in [0.2, 0.25) is 0 Å². The zero-order valence-electron chi connectivity index (χ0n) is 23.0. The molecule has 3 aromatic rings. The highest BCUT2D eigenvalue weighted by Gasteiger charge is 2.08. The summed E-state index contributed by atoms with van der Waals surface area (Å²) >= 11 is 1.000. The minimum atomic E-state index is -1.70. The highest BCUT2D eigenvalue weighted by Crippen LogP contribution is 2.21. The van der Waals surface area contributed by atoms with Crippen LogP contribution in [0.1, 0.15) is 57.3 Å². The number of aliphatic hydroxyl groups excluding tert-OH is 1. The second-order valence-electron chi connectivity index (χ2n) is 6.54. The summed E-state index contributed by atoms with van der Waals surface area (Å²) in [6.07, 6.45) is -3.12. The topological polar surface area (TPSA) is 88.2 Å². The van der Waals surface area contributed by atoms with E-state index in [9.17, 15) is 9.90 Å². The number of thiazole rings is 1. The van der Waals surface area contributed by atoms with Gasteiger partial charge in [0.15, 0.2) is 5.13 Å². The Kier molecular flexibility index (Phi) is 4.74. The molecule has 152 valence electrons. The number of amides is 1. The van der Waals surface area contributed by atoms with Crippen molar-refractivity contribution in [2.75, 3.05) is 11.1 Å². The first-order chi connectivity index (χ1) is 16.8. The molecule has 0 aliphatic heterocycles. The van der Waals surface area contributed by atoms with Gasteiger partial charge in [0.2, 0.25) is 5.91 Å². The molecule has 0 fully saturated rings. The van der Waals surface area contributed by atoms with E-state index in [4.69, 9.17) is 15.3 Å². The van der Waals surface area contributed by atoms with Crippen molar-refractivity contribution in [1.29, 1.82) is 0 Å². The molecule has 1 aromatic heterocycles. The lowest BCUT2D eigenvalue weighted by Gasteiger charge is -2.11. The number of nitrogens with two attached hydrogens (primary N) is 1. The van der Waals surface area contributed by atoms with E-state index in [-0.39, 0.29) is 77.4 Å². The van der Waals surface area contributed by atoms with E-state index < -0.39 is 12.5 Å². The van der Waals surface area contributed by atoms with Crippen LogP contribution in [0.3, 0.4) is 0 Å². The van der Waals surface area contributed by atoms with Crippen LogP contribution in [0.5, 0.6) is 0 Å². The number of carbonyl (C=O) groups excluding carboxylic acids is 1. The maximum absolute atomic E-state index is 12.2. The average molecular weight is 417 g/mol. The van der Waals surface area contributed by atoms with Crippen molar-refractivity contribution in [3.8, 4) is 0 Å². The number of aromatic nitrogens is 1. The molecule has 0 aliphatic rings. The van der Waals surface area contributed by atoms with Gasteiger partial charge < -0.3 is 16.2 Å². The lowest BCUT2D eigenvalue weighted by atomic mass is 10.00. The molecule has 0 radical (unpaired) electrons. The van der Waals surface area contributed by atoms with E-state index in [2.05, 4.69) is 10.3 Å². The van der Waals surface area contributed by atoms with Gasteiger partial charge in [-0.3, -0.25) is 4.79 Å². The SMILES string of the molecule is [2H]c1sc(N)nc1CC(=O)Nc1ccc(CC([2H])([2H])CC[C@H](O)c2c([2H])c([2H])c([2H])c(C)c2[2H])cc1. The number of aliphatic hydroxyl groups is 1. The second-order valence-corrected chi connectivity index (χ2v) is 7.37. The smallest absolute Gasteiger partial charge is 0.230 e. The molecule has 1 heterocycles. The molecule has 0 aliphatic carbocycles. The van der Waals surface area contributed by atoms with E-state index in [1.54, 1.807) is 24.3 Å². The first-order valence-electron chi connectivity index (χ1n) is 12.6. The van der Waals surface area contributed by atoms with E-state index >= 15 is 0 Å². The van der Waals surface area contributed by atoms with E-state index in [0.29, 0.717) is 16.9 Å². The van der Waals surface area contributed by atoms with Crippen molar-refractivity contribution < 1.29 is 19.5 Å². The first-order valence-corrected chi connectivity index (χ1v) is 9.96. The van der Waals surface area contributed by atoms with Gasteiger partial charge in [-0.25, -0.2) is 4.98 Å². The number of aryl methyl sites for hydroxylation is 1. The molecule has 29 heavy (non-hydrogen) atoms. The summed E-state index contributed by atoms with van der Waals surface area (Å²) in [6, 6.07) is 5.56. The number of nitrogen functional groups attached to an aromatic ring is 1. The molecule has 2 aromatic carbocycles. The molecule has 0 bridgehead atoms. The number of nitrogens with one attached hydrogen (secondary N) is 1. The zero-order valence-corrected chi connectivity index (χ0v) is 16.8. The zero-order chi connectivity index (χ0) is 26.8.